The second-order valence-corrected chi connectivity index (χ2v) is 8.58. The van der Waals surface area contributed by atoms with Crippen molar-refractivity contribution in [3.8, 4) is 0 Å². The number of imide groups is 1. The Balaban J connectivity index is 2.08. The van der Waals surface area contributed by atoms with Gasteiger partial charge in [0.2, 0.25) is 5.78 Å². The van der Waals surface area contributed by atoms with Crippen LogP contribution in [0.15, 0.2) is 23.0 Å². The molecule has 0 spiro atoms. The van der Waals surface area contributed by atoms with Crippen molar-refractivity contribution in [2.45, 2.75) is 32.2 Å². The third-order valence-electron chi connectivity index (χ3n) is 5.16. The maximum atomic E-state index is 13.2. The molecule has 31 heavy (non-hydrogen) atoms. The zero-order valence-electron chi connectivity index (χ0n) is 17.5. The Bertz CT molecular complexity index is 1150. The van der Waals surface area contributed by atoms with Gasteiger partial charge in [-0.15, -0.1) is 0 Å². The normalized spacial score (nSPS) is 19.0. The number of benzene rings is 1. The highest BCUT2D eigenvalue weighted by Crippen LogP contribution is 2.34. The van der Waals surface area contributed by atoms with E-state index in [-0.39, 0.29) is 32.8 Å². The first-order chi connectivity index (χ1) is 14.4. The molecule has 0 saturated carbocycles. The lowest BCUT2D eigenvalue weighted by Crippen LogP contribution is -2.67. The molecule has 1 aromatic heterocycles. The van der Waals surface area contributed by atoms with E-state index < -0.39 is 23.3 Å². The Labute approximate surface area is 188 Å². The summed E-state index contributed by atoms with van der Waals surface area (Å²) in [6, 6.07) is 3.70. The largest absolute Gasteiger partial charge is 0.338 e. The van der Waals surface area contributed by atoms with Gasteiger partial charge >= 0.3 is 6.03 Å². The Morgan fingerprint density at radius 2 is 1.68 bits per heavy atom. The van der Waals surface area contributed by atoms with Gasteiger partial charge in [-0.2, -0.15) is 5.10 Å². The van der Waals surface area contributed by atoms with Crippen LogP contribution >= 0.6 is 23.2 Å². The number of rotatable bonds is 4. The quantitative estimate of drug-likeness (QED) is 0.669. The van der Waals surface area contributed by atoms with Crippen LogP contribution in [0, 0.1) is 0 Å². The number of carbonyl (C=O) groups excluding carboxylic acids is 3. The van der Waals surface area contributed by atoms with Crippen molar-refractivity contribution in [1.29, 1.82) is 0 Å². The summed E-state index contributed by atoms with van der Waals surface area (Å²) >= 11 is 12.8. The lowest BCUT2D eigenvalue weighted by Gasteiger charge is -2.38. The van der Waals surface area contributed by atoms with Gasteiger partial charge in [-0.1, -0.05) is 37.0 Å². The standard InChI is InChI=1S/C20H21Cl2N5O4/c1-9(2)11-8-14(24-26(4)17(11)29)16(28)15-12(21)6-10(7-13(15)22)20(3)18(30)23-19(31)27(5)25-20/h6-9,25H,1-5H3,(H,23,30,31). The monoisotopic (exact) mass is 465 g/mol. The maximum absolute atomic E-state index is 13.2. The number of hydrogen-bond acceptors (Lipinski definition) is 6. The van der Waals surface area contributed by atoms with Gasteiger partial charge in [0.1, 0.15) is 11.2 Å². The summed E-state index contributed by atoms with van der Waals surface area (Å²) in [4.78, 5) is 49.6. The van der Waals surface area contributed by atoms with Gasteiger partial charge in [0, 0.05) is 19.7 Å². The number of halogens is 2. The summed E-state index contributed by atoms with van der Waals surface area (Å²) in [5.74, 6) is -1.27. The topological polar surface area (TPSA) is 113 Å². The van der Waals surface area contributed by atoms with Crippen molar-refractivity contribution >= 4 is 40.9 Å². The number of ketones is 1. The Morgan fingerprint density at radius 1 is 1.10 bits per heavy atom. The van der Waals surface area contributed by atoms with E-state index in [4.69, 9.17) is 23.2 Å². The van der Waals surface area contributed by atoms with Crippen molar-refractivity contribution in [1.82, 2.24) is 25.5 Å². The summed E-state index contributed by atoms with van der Waals surface area (Å²) in [5.41, 5.74) is 1.96. The number of aromatic nitrogens is 2. The van der Waals surface area contributed by atoms with E-state index in [1.165, 1.54) is 32.3 Å². The highest BCUT2D eigenvalue weighted by molar-refractivity contribution is 6.41. The molecule has 3 rings (SSSR count). The molecule has 1 saturated heterocycles. The lowest BCUT2D eigenvalue weighted by molar-refractivity contribution is -0.130. The summed E-state index contributed by atoms with van der Waals surface area (Å²) in [6.45, 7) is 5.23. The highest BCUT2D eigenvalue weighted by atomic mass is 35.5. The van der Waals surface area contributed by atoms with Gasteiger partial charge in [0.05, 0.1) is 15.6 Å². The van der Waals surface area contributed by atoms with Crippen LogP contribution in [0.25, 0.3) is 0 Å². The van der Waals surface area contributed by atoms with E-state index in [1.54, 1.807) is 6.92 Å². The van der Waals surface area contributed by atoms with Crippen LogP contribution < -0.4 is 16.3 Å². The first-order valence-corrected chi connectivity index (χ1v) is 10.1. The van der Waals surface area contributed by atoms with E-state index in [9.17, 15) is 19.2 Å². The van der Waals surface area contributed by atoms with Gasteiger partial charge in [0.25, 0.3) is 11.5 Å². The molecule has 0 radical (unpaired) electrons. The van der Waals surface area contributed by atoms with Crippen LogP contribution in [-0.4, -0.2) is 39.6 Å². The molecule has 1 aromatic carbocycles. The zero-order valence-corrected chi connectivity index (χ0v) is 19.1. The molecule has 1 unspecified atom stereocenters. The van der Waals surface area contributed by atoms with Crippen molar-refractivity contribution in [2.24, 2.45) is 7.05 Å². The Kier molecular flexibility index (Phi) is 5.96. The van der Waals surface area contributed by atoms with Crippen LogP contribution in [0.3, 0.4) is 0 Å². The molecule has 1 aliphatic rings. The van der Waals surface area contributed by atoms with E-state index >= 15 is 0 Å². The molecule has 11 heteroatoms. The van der Waals surface area contributed by atoms with Crippen molar-refractivity contribution < 1.29 is 14.4 Å². The van der Waals surface area contributed by atoms with Crippen LogP contribution in [0.5, 0.6) is 0 Å². The minimum atomic E-state index is -1.35. The van der Waals surface area contributed by atoms with Crippen LogP contribution in [0.1, 0.15) is 53.9 Å². The number of hydrazine groups is 1. The average Bonchev–Trinajstić information content (AvgIpc) is 2.67. The van der Waals surface area contributed by atoms with E-state index in [0.717, 1.165) is 9.69 Å². The molecular weight excluding hydrogens is 445 g/mol. The number of aryl methyl sites for hydroxylation is 1. The molecule has 1 atom stereocenters. The van der Waals surface area contributed by atoms with Crippen molar-refractivity contribution in [2.75, 3.05) is 7.05 Å². The van der Waals surface area contributed by atoms with Crippen LogP contribution in [0.4, 0.5) is 4.79 Å². The molecule has 2 aromatic rings. The Morgan fingerprint density at radius 3 is 2.23 bits per heavy atom. The molecule has 164 valence electrons. The predicted octanol–water partition coefficient (Wildman–Crippen LogP) is 2.34. The fraction of sp³-hybridized carbons (Fsp3) is 0.350. The van der Waals surface area contributed by atoms with Gasteiger partial charge in [-0.3, -0.25) is 24.7 Å². The maximum Gasteiger partial charge on any atom is 0.338 e. The van der Waals surface area contributed by atoms with E-state index in [2.05, 4.69) is 15.8 Å². The SMILES string of the molecule is CC(C)c1cc(C(=O)c2c(Cl)cc(C3(C)NN(C)C(=O)NC3=O)cc2Cl)nn(C)c1=O. The van der Waals surface area contributed by atoms with Crippen molar-refractivity contribution in [3.63, 3.8) is 0 Å². The number of hydrogen-bond donors (Lipinski definition) is 2. The van der Waals surface area contributed by atoms with Gasteiger partial charge in [0.15, 0.2) is 0 Å². The number of nitrogens with one attached hydrogen (secondary N) is 2. The van der Waals surface area contributed by atoms with Gasteiger partial charge < -0.3 is 0 Å². The third-order valence-corrected chi connectivity index (χ3v) is 5.76. The number of nitrogens with zero attached hydrogens (tertiary/aromatic N) is 3. The second kappa shape index (κ2) is 8.07. The highest BCUT2D eigenvalue weighted by Gasteiger charge is 2.43. The second-order valence-electron chi connectivity index (χ2n) is 7.77. The van der Waals surface area contributed by atoms with Crippen LogP contribution in [-0.2, 0) is 17.4 Å². The number of amides is 3. The Hall–Kier alpha value is -2.75. The minimum Gasteiger partial charge on any atom is -0.287 e. The molecular formula is C20H21Cl2N5O4. The fourth-order valence-electron chi connectivity index (χ4n) is 3.30. The smallest absolute Gasteiger partial charge is 0.287 e. The zero-order chi connectivity index (χ0) is 23.2. The van der Waals surface area contributed by atoms with Crippen LogP contribution in [0.2, 0.25) is 10.0 Å². The average molecular weight is 466 g/mol. The summed E-state index contributed by atoms with van der Waals surface area (Å²) < 4.78 is 1.10. The molecule has 0 bridgehead atoms. The first-order valence-electron chi connectivity index (χ1n) is 9.36. The first kappa shape index (κ1) is 22.9. The van der Waals surface area contributed by atoms with Gasteiger partial charge in [-0.25, -0.2) is 14.9 Å². The molecule has 2 N–H and O–H groups in total. The van der Waals surface area contributed by atoms with Gasteiger partial charge in [-0.05, 0) is 36.6 Å². The molecule has 9 nitrogen and oxygen atoms in total. The molecule has 1 aliphatic heterocycles. The fourth-order valence-corrected chi connectivity index (χ4v) is 3.96. The number of urea groups is 1. The van der Waals surface area contributed by atoms with E-state index in [1.807, 2.05) is 13.8 Å². The predicted molar refractivity (Wildman–Crippen MR) is 115 cm³/mol. The molecule has 0 aliphatic carbocycles. The number of carbonyl (C=O) groups is 3. The summed E-state index contributed by atoms with van der Waals surface area (Å²) in [6.07, 6.45) is 0. The summed E-state index contributed by atoms with van der Waals surface area (Å²) in [7, 11) is 2.92. The molecule has 3 amide bonds. The summed E-state index contributed by atoms with van der Waals surface area (Å²) in [5, 5.41) is 7.42. The third kappa shape index (κ3) is 3.96. The lowest BCUT2D eigenvalue weighted by atomic mass is 9.89. The molecule has 1 fully saturated rings. The van der Waals surface area contributed by atoms with Crippen molar-refractivity contribution in [3.05, 3.63) is 61.0 Å². The van der Waals surface area contributed by atoms with E-state index in [0.29, 0.717) is 11.1 Å². The molecule has 2 heterocycles. The minimum absolute atomic E-state index is 0.00260.